The summed E-state index contributed by atoms with van der Waals surface area (Å²) in [6.45, 7) is 10.5. The smallest absolute Gasteiger partial charge is 0.0105 e. The topological polar surface area (TPSA) is 29.3 Å². The molecular formula is C14H24N2. The number of nitrogens with two attached hydrogens (primary N) is 1. The minimum atomic E-state index is 0.751. The summed E-state index contributed by atoms with van der Waals surface area (Å²) in [5, 5.41) is 0. The van der Waals surface area contributed by atoms with Crippen LogP contribution in [0.25, 0.3) is 0 Å². The minimum absolute atomic E-state index is 0.751. The Kier molecular flexibility index (Phi) is 5.50. The average molecular weight is 220 g/mol. The lowest BCUT2D eigenvalue weighted by molar-refractivity contribution is 0.300. The van der Waals surface area contributed by atoms with Gasteiger partial charge in [0.2, 0.25) is 0 Å². The average Bonchev–Trinajstić information content (AvgIpc) is 2.28. The Labute approximate surface area is 99.5 Å². The van der Waals surface area contributed by atoms with E-state index in [0.717, 1.165) is 32.6 Å². The Morgan fingerprint density at radius 1 is 1.12 bits per heavy atom. The van der Waals surface area contributed by atoms with E-state index in [2.05, 4.69) is 43.9 Å². The maximum absolute atomic E-state index is 5.58. The van der Waals surface area contributed by atoms with Crippen molar-refractivity contribution in [3.05, 3.63) is 34.9 Å². The van der Waals surface area contributed by atoms with Crippen LogP contribution in [0, 0.1) is 13.8 Å². The molecule has 0 aliphatic carbocycles. The molecule has 0 radical (unpaired) electrons. The van der Waals surface area contributed by atoms with E-state index in [1.807, 2.05) is 0 Å². The predicted octanol–water partition coefficient (Wildman–Crippen LogP) is 2.13. The number of hydrogen-bond donors (Lipinski definition) is 1. The summed E-state index contributed by atoms with van der Waals surface area (Å²) in [6, 6.07) is 6.74. The third-order valence-electron chi connectivity index (χ3n) is 3.18. The van der Waals surface area contributed by atoms with Gasteiger partial charge < -0.3 is 10.6 Å². The van der Waals surface area contributed by atoms with Gasteiger partial charge >= 0.3 is 0 Å². The lowest BCUT2D eigenvalue weighted by Crippen LogP contribution is -2.31. The van der Waals surface area contributed by atoms with Gasteiger partial charge in [0.15, 0.2) is 0 Å². The van der Waals surface area contributed by atoms with Crippen molar-refractivity contribution in [2.75, 3.05) is 26.2 Å². The van der Waals surface area contributed by atoms with Crippen LogP contribution in [-0.4, -0.2) is 31.1 Å². The maximum Gasteiger partial charge on any atom is 0.0105 e. The molecule has 1 aromatic carbocycles. The molecule has 0 aliphatic heterocycles. The highest BCUT2D eigenvalue weighted by Gasteiger charge is 2.02. The molecule has 0 bridgehead atoms. The van der Waals surface area contributed by atoms with Crippen molar-refractivity contribution >= 4 is 0 Å². The zero-order valence-corrected chi connectivity index (χ0v) is 10.8. The van der Waals surface area contributed by atoms with Gasteiger partial charge in [0.1, 0.15) is 0 Å². The highest BCUT2D eigenvalue weighted by Crippen LogP contribution is 2.10. The fourth-order valence-corrected chi connectivity index (χ4v) is 1.86. The van der Waals surface area contributed by atoms with Crippen LogP contribution in [-0.2, 0) is 6.42 Å². The highest BCUT2D eigenvalue weighted by molar-refractivity contribution is 5.30. The normalized spacial score (nSPS) is 11.1. The van der Waals surface area contributed by atoms with E-state index < -0.39 is 0 Å². The van der Waals surface area contributed by atoms with Gasteiger partial charge in [-0.25, -0.2) is 0 Å². The number of hydrogen-bond acceptors (Lipinski definition) is 2. The van der Waals surface area contributed by atoms with E-state index in [9.17, 15) is 0 Å². The Morgan fingerprint density at radius 2 is 1.88 bits per heavy atom. The van der Waals surface area contributed by atoms with Crippen LogP contribution in [0.4, 0.5) is 0 Å². The summed E-state index contributed by atoms with van der Waals surface area (Å²) in [5.41, 5.74) is 9.77. The summed E-state index contributed by atoms with van der Waals surface area (Å²) in [4.78, 5) is 2.40. The van der Waals surface area contributed by atoms with E-state index in [1.54, 1.807) is 0 Å². The Hall–Kier alpha value is -0.860. The van der Waals surface area contributed by atoms with Crippen molar-refractivity contribution in [2.45, 2.75) is 27.2 Å². The van der Waals surface area contributed by atoms with E-state index in [4.69, 9.17) is 5.73 Å². The Balaban J connectivity index is 2.50. The first kappa shape index (κ1) is 13.2. The molecule has 1 rings (SSSR count). The largest absolute Gasteiger partial charge is 0.329 e. The Bertz CT molecular complexity index is 321. The summed E-state index contributed by atoms with van der Waals surface area (Å²) < 4.78 is 0. The van der Waals surface area contributed by atoms with Crippen molar-refractivity contribution in [3.8, 4) is 0 Å². The first-order valence-electron chi connectivity index (χ1n) is 6.16. The Morgan fingerprint density at radius 3 is 2.44 bits per heavy atom. The second-order valence-corrected chi connectivity index (χ2v) is 4.39. The van der Waals surface area contributed by atoms with Gasteiger partial charge in [-0.05, 0) is 43.5 Å². The molecule has 2 nitrogen and oxygen atoms in total. The zero-order chi connectivity index (χ0) is 12.0. The lowest BCUT2D eigenvalue weighted by Gasteiger charge is -2.19. The quantitative estimate of drug-likeness (QED) is 0.796. The molecule has 16 heavy (non-hydrogen) atoms. The van der Waals surface area contributed by atoms with Gasteiger partial charge in [0, 0.05) is 19.6 Å². The lowest BCUT2D eigenvalue weighted by atomic mass is 10.0. The first-order chi connectivity index (χ1) is 7.67. The minimum Gasteiger partial charge on any atom is -0.329 e. The second kappa shape index (κ2) is 6.66. The monoisotopic (exact) mass is 220 g/mol. The van der Waals surface area contributed by atoms with Gasteiger partial charge in [-0.2, -0.15) is 0 Å². The fourth-order valence-electron chi connectivity index (χ4n) is 1.86. The van der Waals surface area contributed by atoms with Crippen LogP contribution in [0.2, 0.25) is 0 Å². The van der Waals surface area contributed by atoms with Crippen molar-refractivity contribution in [2.24, 2.45) is 5.73 Å². The van der Waals surface area contributed by atoms with Gasteiger partial charge in [-0.3, -0.25) is 0 Å². The fraction of sp³-hybridized carbons (Fsp3) is 0.571. The van der Waals surface area contributed by atoms with E-state index in [0.29, 0.717) is 0 Å². The molecule has 0 aromatic heterocycles. The number of benzene rings is 1. The summed E-state index contributed by atoms with van der Waals surface area (Å²) >= 11 is 0. The van der Waals surface area contributed by atoms with Crippen molar-refractivity contribution < 1.29 is 0 Å². The molecule has 0 heterocycles. The van der Waals surface area contributed by atoms with Crippen LogP contribution in [0.15, 0.2) is 18.2 Å². The molecule has 0 spiro atoms. The molecule has 2 heteroatoms. The van der Waals surface area contributed by atoms with Crippen molar-refractivity contribution in [3.63, 3.8) is 0 Å². The third kappa shape index (κ3) is 3.95. The van der Waals surface area contributed by atoms with Crippen LogP contribution in [0.5, 0.6) is 0 Å². The van der Waals surface area contributed by atoms with Crippen LogP contribution in [0.3, 0.4) is 0 Å². The summed E-state index contributed by atoms with van der Waals surface area (Å²) in [7, 11) is 0. The molecular weight excluding hydrogens is 196 g/mol. The van der Waals surface area contributed by atoms with Crippen LogP contribution < -0.4 is 5.73 Å². The highest BCUT2D eigenvalue weighted by atomic mass is 15.1. The van der Waals surface area contributed by atoms with Crippen molar-refractivity contribution in [1.82, 2.24) is 4.90 Å². The van der Waals surface area contributed by atoms with Crippen LogP contribution in [0.1, 0.15) is 23.6 Å². The number of aryl methyl sites for hydroxylation is 2. The molecule has 0 unspecified atom stereocenters. The molecule has 0 amide bonds. The van der Waals surface area contributed by atoms with Crippen molar-refractivity contribution in [1.29, 1.82) is 0 Å². The van der Waals surface area contributed by atoms with E-state index in [1.165, 1.54) is 16.7 Å². The standard InChI is InChI=1S/C14H24N2/c1-4-16(10-8-15)9-7-14-6-5-12(2)13(3)11-14/h5-6,11H,4,7-10,15H2,1-3H3. The number of likely N-dealkylation sites (N-methyl/N-ethyl adjacent to an activating group) is 1. The number of rotatable bonds is 6. The molecule has 2 N–H and O–H groups in total. The van der Waals surface area contributed by atoms with Gasteiger partial charge in [0.05, 0.1) is 0 Å². The zero-order valence-electron chi connectivity index (χ0n) is 10.8. The molecule has 0 aliphatic rings. The molecule has 0 saturated carbocycles. The van der Waals surface area contributed by atoms with Gasteiger partial charge in [-0.15, -0.1) is 0 Å². The van der Waals surface area contributed by atoms with E-state index >= 15 is 0 Å². The predicted molar refractivity (Wildman–Crippen MR) is 70.8 cm³/mol. The van der Waals surface area contributed by atoms with Gasteiger partial charge in [-0.1, -0.05) is 25.1 Å². The molecule has 0 atom stereocenters. The SMILES string of the molecule is CCN(CCN)CCc1ccc(C)c(C)c1. The molecule has 0 saturated heterocycles. The van der Waals surface area contributed by atoms with Crippen LogP contribution >= 0.6 is 0 Å². The van der Waals surface area contributed by atoms with Gasteiger partial charge in [0.25, 0.3) is 0 Å². The number of nitrogens with zero attached hydrogens (tertiary/aromatic N) is 1. The molecule has 0 fully saturated rings. The molecule has 1 aromatic rings. The first-order valence-corrected chi connectivity index (χ1v) is 6.16. The summed E-state index contributed by atoms with van der Waals surface area (Å²) in [5.74, 6) is 0. The summed E-state index contributed by atoms with van der Waals surface area (Å²) in [6.07, 6.45) is 1.12. The maximum atomic E-state index is 5.58. The third-order valence-corrected chi connectivity index (χ3v) is 3.18. The second-order valence-electron chi connectivity index (χ2n) is 4.39. The molecule has 90 valence electrons. The van der Waals surface area contributed by atoms with E-state index in [-0.39, 0.29) is 0 Å².